The molecule has 0 aromatic rings. The Morgan fingerprint density at radius 1 is 1.44 bits per heavy atom. The molecule has 94 valence electrons. The highest BCUT2D eigenvalue weighted by Gasteiger charge is 2.10. The Morgan fingerprint density at radius 2 is 2.19 bits per heavy atom. The van der Waals surface area contributed by atoms with Gasteiger partial charge in [-0.3, -0.25) is 0 Å². The molecule has 0 aromatic carbocycles. The summed E-state index contributed by atoms with van der Waals surface area (Å²) in [4.78, 5) is 2.57. The van der Waals surface area contributed by atoms with E-state index in [4.69, 9.17) is 0 Å². The van der Waals surface area contributed by atoms with Crippen molar-refractivity contribution in [2.24, 2.45) is 0 Å². The van der Waals surface area contributed by atoms with E-state index in [0.29, 0.717) is 6.04 Å². The average Bonchev–Trinajstić information content (AvgIpc) is 2.35. The van der Waals surface area contributed by atoms with Gasteiger partial charge in [0.1, 0.15) is 0 Å². The summed E-state index contributed by atoms with van der Waals surface area (Å²) < 4.78 is 0. The summed E-state index contributed by atoms with van der Waals surface area (Å²) in [6.07, 6.45) is 5.61. The smallest absolute Gasteiger partial charge is 0.0108 e. The van der Waals surface area contributed by atoms with Crippen LogP contribution in [0.2, 0.25) is 0 Å². The summed E-state index contributed by atoms with van der Waals surface area (Å²) >= 11 is 2.08. The molecule has 16 heavy (non-hydrogen) atoms. The summed E-state index contributed by atoms with van der Waals surface area (Å²) in [6, 6.07) is 0.678. The predicted octanol–water partition coefficient (Wildman–Crippen LogP) is 2.37. The van der Waals surface area contributed by atoms with Crippen molar-refractivity contribution in [1.82, 2.24) is 10.2 Å². The van der Waals surface area contributed by atoms with Crippen molar-refractivity contribution in [3.63, 3.8) is 0 Å². The molecule has 1 N–H and O–H groups in total. The molecule has 0 aromatic heterocycles. The molecule has 0 radical (unpaired) electrons. The quantitative estimate of drug-likeness (QED) is 0.658. The number of hydrogen-bond donors (Lipinski definition) is 1. The molecule has 1 atom stereocenters. The Hall–Kier alpha value is 0.0100. The Labute approximate surface area is 105 Å². The molecule has 1 rings (SSSR count). The zero-order chi connectivity index (χ0) is 11.6. The Bertz CT molecular complexity index is 179. The van der Waals surface area contributed by atoms with Crippen molar-refractivity contribution in [3.8, 4) is 0 Å². The van der Waals surface area contributed by atoms with Crippen LogP contribution in [-0.2, 0) is 0 Å². The van der Waals surface area contributed by atoms with E-state index in [-0.39, 0.29) is 0 Å². The predicted molar refractivity (Wildman–Crippen MR) is 75.3 cm³/mol. The molecule has 1 fully saturated rings. The maximum Gasteiger partial charge on any atom is 0.0108 e. The van der Waals surface area contributed by atoms with Crippen LogP contribution in [0.25, 0.3) is 0 Å². The monoisotopic (exact) mass is 242 g/mol. The van der Waals surface area contributed by atoms with E-state index in [1.165, 1.54) is 44.0 Å². The lowest BCUT2D eigenvalue weighted by Crippen LogP contribution is -2.40. The van der Waals surface area contributed by atoms with Gasteiger partial charge in [-0.1, -0.05) is 13.0 Å². The van der Waals surface area contributed by atoms with Crippen molar-refractivity contribution in [3.05, 3.63) is 12.7 Å². The zero-order valence-corrected chi connectivity index (χ0v) is 11.4. The Balaban J connectivity index is 2.04. The first-order valence-electron chi connectivity index (χ1n) is 6.51. The van der Waals surface area contributed by atoms with E-state index in [1.807, 2.05) is 6.08 Å². The normalized spacial score (nSPS) is 19.6. The Morgan fingerprint density at radius 3 is 2.81 bits per heavy atom. The van der Waals surface area contributed by atoms with Crippen LogP contribution in [0.4, 0.5) is 0 Å². The second-order valence-corrected chi connectivity index (χ2v) is 5.60. The van der Waals surface area contributed by atoms with Crippen molar-refractivity contribution in [2.45, 2.75) is 32.2 Å². The maximum absolute atomic E-state index is 3.78. The highest BCUT2D eigenvalue weighted by atomic mass is 32.2. The molecular formula is C13H26N2S. The molecule has 0 saturated carbocycles. The first-order valence-corrected chi connectivity index (χ1v) is 7.66. The van der Waals surface area contributed by atoms with E-state index >= 15 is 0 Å². The van der Waals surface area contributed by atoms with E-state index in [9.17, 15) is 0 Å². The standard InChI is InChI=1S/C13H26N2S/c1-3-5-6-13(4-2)14-7-8-15-9-11-16-12-10-15/h3,13-14H,1,4-12H2,2H3. The van der Waals surface area contributed by atoms with Crippen molar-refractivity contribution < 1.29 is 0 Å². The number of nitrogens with zero attached hydrogens (tertiary/aromatic N) is 1. The third kappa shape index (κ3) is 5.92. The molecular weight excluding hydrogens is 216 g/mol. The molecule has 0 aliphatic carbocycles. The lowest BCUT2D eigenvalue weighted by molar-refractivity contribution is 0.292. The topological polar surface area (TPSA) is 15.3 Å². The molecule has 1 heterocycles. The fourth-order valence-corrected chi connectivity index (χ4v) is 3.00. The number of hydrogen-bond acceptors (Lipinski definition) is 3. The third-order valence-electron chi connectivity index (χ3n) is 3.18. The maximum atomic E-state index is 3.78. The van der Waals surface area contributed by atoms with E-state index in [2.05, 4.69) is 35.5 Å². The number of allylic oxidation sites excluding steroid dienone is 1. The van der Waals surface area contributed by atoms with Crippen LogP contribution in [0, 0.1) is 0 Å². The summed E-state index contributed by atoms with van der Waals surface area (Å²) in [6.45, 7) is 10.9. The van der Waals surface area contributed by atoms with Crippen LogP contribution in [0.3, 0.4) is 0 Å². The first kappa shape index (κ1) is 14.1. The van der Waals surface area contributed by atoms with Gasteiger partial charge in [0.2, 0.25) is 0 Å². The highest BCUT2D eigenvalue weighted by Crippen LogP contribution is 2.08. The van der Waals surface area contributed by atoms with Gasteiger partial charge in [-0.2, -0.15) is 11.8 Å². The second kappa shape index (κ2) is 9.08. The zero-order valence-electron chi connectivity index (χ0n) is 10.6. The second-order valence-electron chi connectivity index (χ2n) is 4.38. The van der Waals surface area contributed by atoms with Crippen LogP contribution in [0.5, 0.6) is 0 Å². The van der Waals surface area contributed by atoms with Gasteiger partial charge in [-0.15, -0.1) is 6.58 Å². The SMILES string of the molecule is C=CCCC(CC)NCCN1CCSCC1. The van der Waals surface area contributed by atoms with Gasteiger partial charge in [0.15, 0.2) is 0 Å². The molecule has 0 amide bonds. The van der Waals surface area contributed by atoms with Crippen molar-refractivity contribution in [1.29, 1.82) is 0 Å². The summed E-state index contributed by atoms with van der Waals surface area (Å²) in [5, 5.41) is 3.66. The molecule has 0 spiro atoms. The number of thioether (sulfide) groups is 1. The minimum Gasteiger partial charge on any atom is -0.313 e. The molecule has 0 bridgehead atoms. The lowest BCUT2D eigenvalue weighted by atomic mass is 10.1. The Kier molecular flexibility index (Phi) is 7.99. The molecule has 1 saturated heterocycles. The largest absolute Gasteiger partial charge is 0.313 e. The van der Waals surface area contributed by atoms with E-state index in [1.54, 1.807) is 0 Å². The third-order valence-corrected chi connectivity index (χ3v) is 4.12. The average molecular weight is 242 g/mol. The summed E-state index contributed by atoms with van der Waals surface area (Å²) in [5.74, 6) is 2.63. The van der Waals surface area contributed by atoms with Crippen molar-refractivity contribution >= 4 is 11.8 Å². The molecule has 2 nitrogen and oxygen atoms in total. The van der Waals surface area contributed by atoms with Crippen LogP contribution in [0.1, 0.15) is 26.2 Å². The number of nitrogens with one attached hydrogen (secondary N) is 1. The first-order chi connectivity index (χ1) is 7.86. The lowest BCUT2D eigenvalue weighted by Gasteiger charge is -2.27. The molecule has 1 aliphatic heterocycles. The molecule has 3 heteroatoms. The fourth-order valence-electron chi connectivity index (χ4n) is 2.02. The highest BCUT2D eigenvalue weighted by molar-refractivity contribution is 7.99. The fraction of sp³-hybridized carbons (Fsp3) is 0.846. The number of rotatable bonds is 8. The molecule has 1 aliphatic rings. The van der Waals surface area contributed by atoms with Gasteiger partial charge in [-0.05, 0) is 19.3 Å². The summed E-state index contributed by atoms with van der Waals surface area (Å²) in [7, 11) is 0. The van der Waals surface area contributed by atoms with E-state index in [0.717, 1.165) is 13.0 Å². The van der Waals surface area contributed by atoms with Gasteiger partial charge in [0, 0.05) is 43.7 Å². The summed E-state index contributed by atoms with van der Waals surface area (Å²) in [5.41, 5.74) is 0. The van der Waals surface area contributed by atoms with Crippen LogP contribution in [-0.4, -0.2) is 48.6 Å². The van der Waals surface area contributed by atoms with Gasteiger partial charge in [0.25, 0.3) is 0 Å². The van der Waals surface area contributed by atoms with Crippen LogP contribution in [0.15, 0.2) is 12.7 Å². The minimum atomic E-state index is 0.678. The van der Waals surface area contributed by atoms with Gasteiger partial charge in [-0.25, -0.2) is 0 Å². The minimum absolute atomic E-state index is 0.678. The van der Waals surface area contributed by atoms with Gasteiger partial charge >= 0.3 is 0 Å². The van der Waals surface area contributed by atoms with Crippen LogP contribution < -0.4 is 5.32 Å². The van der Waals surface area contributed by atoms with E-state index < -0.39 is 0 Å². The van der Waals surface area contributed by atoms with Gasteiger partial charge < -0.3 is 10.2 Å². The van der Waals surface area contributed by atoms with Crippen molar-refractivity contribution in [2.75, 3.05) is 37.7 Å². The van der Waals surface area contributed by atoms with Gasteiger partial charge in [0.05, 0.1) is 0 Å². The molecule has 1 unspecified atom stereocenters. The van der Waals surface area contributed by atoms with Crippen LogP contribution >= 0.6 is 11.8 Å².